The number of nitrogens with zero attached hydrogens (tertiary/aromatic N) is 2. The fraction of sp³-hybridized carbons (Fsp3) is 0.231. The van der Waals surface area contributed by atoms with Crippen LogP contribution in [-0.4, -0.2) is 15.5 Å². The normalized spacial score (nSPS) is 10.3. The maximum Gasteiger partial charge on any atom is 0.253 e. The monoisotopic (exact) mass is 244 g/mol. The molecule has 1 aromatic heterocycles. The molecular weight excluding hydrogens is 228 g/mol. The van der Waals surface area contributed by atoms with E-state index in [4.69, 9.17) is 5.73 Å². The summed E-state index contributed by atoms with van der Waals surface area (Å²) in [6.07, 6.45) is 3.53. The number of nitrogens with one attached hydrogen (secondary N) is 1. The first-order valence-corrected chi connectivity index (χ1v) is 5.68. The van der Waals surface area contributed by atoms with Gasteiger partial charge in [-0.3, -0.25) is 4.79 Å². The van der Waals surface area contributed by atoms with E-state index in [1.807, 2.05) is 30.8 Å². The maximum absolute atomic E-state index is 12.0. The van der Waals surface area contributed by atoms with Crippen LogP contribution in [0.4, 0.5) is 5.69 Å². The molecule has 0 saturated carbocycles. The average Bonchev–Trinajstić information content (AvgIpc) is 2.75. The largest absolute Gasteiger partial charge is 0.398 e. The van der Waals surface area contributed by atoms with Crippen molar-refractivity contribution < 1.29 is 4.79 Å². The molecular formula is C13H16N4O. The second-order valence-corrected chi connectivity index (χ2v) is 4.23. The summed E-state index contributed by atoms with van der Waals surface area (Å²) in [7, 11) is 1.88. The van der Waals surface area contributed by atoms with E-state index in [-0.39, 0.29) is 5.91 Å². The van der Waals surface area contributed by atoms with E-state index in [1.54, 1.807) is 18.3 Å². The summed E-state index contributed by atoms with van der Waals surface area (Å²) in [6, 6.07) is 5.40. The van der Waals surface area contributed by atoms with Gasteiger partial charge in [0.15, 0.2) is 0 Å². The molecule has 2 aromatic rings. The minimum absolute atomic E-state index is 0.181. The fourth-order valence-electron chi connectivity index (χ4n) is 1.69. The van der Waals surface area contributed by atoms with Gasteiger partial charge in [-0.25, -0.2) is 4.98 Å². The van der Waals surface area contributed by atoms with Crippen LogP contribution in [0, 0.1) is 6.92 Å². The van der Waals surface area contributed by atoms with Crippen LogP contribution < -0.4 is 11.1 Å². The summed E-state index contributed by atoms with van der Waals surface area (Å²) in [5.41, 5.74) is 7.78. The predicted octanol–water partition coefficient (Wildman–Crippen LogP) is 1.24. The Morgan fingerprint density at radius 2 is 2.28 bits per heavy atom. The topological polar surface area (TPSA) is 72.9 Å². The van der Waals surface area contributed by atoms with E-state index in [0.29, 0.717) is 17.8 Å². The maximum atomic E-state index is 12.0. The quantitative estimate of drug-likeness (QED) is 0.798. The summed E-state index contributed by atoms with van der Waals surface area (Å²) in [6.45, 7) is 2.31. The molecule has 0 radical (unpaired) electrons. The van der Waals surface area contributed by atoms with Crippen molar-refractivity contribution in [3.63, 3.8) is 0 Å². The lowest BCUT2D eigenvalue weighted by atomic mass is 10.1. The Hall–Kier alpha value is -2.30. The van der Waals surface area contributed by atoms with E-state index in [2.05, 4.69) is 10.3 Å². The van der Waals surface area contributed by atoms with Gasteiger partial charge in [-0.05, 0) is 19.1 Å². The van der Waals surface area contributed by atoms with Gasteiger partial charge in [-0.2, -0.15) is 0 Å². The van der Waals surface area contributed by atoms with E-state index in [0.717, 1.165) is 11.4 Å². The van der Waals surface area contributed by atoms with Crippen LogP contribution in [0.25, 0.3) is 0 Å². The lowest BCUT2D eigenvalue weighted by Crippen LogP contribution is -2.25. The molecule has 1 aromatic carbocycles. The number of nitrogens with two attached hydrogens (primary N) is 1. The third-order valence-electron chi connectivity index (χ3n) is 2.78. The first-order valence-electron chi connectivity index (χ1n) is 5.68. The highest BCUT2D eigenvalue weighted by Crippen LogP contribution is 2.13. The zero-order valence-corrected chi connectivity index (χ0v) is 10.5. The lowest BCUT2D eigenvalue weighted by Gasteiger charge is -2.08. The number of benzene rings is 1. The van der Waals surface area contributed by atoms with Crippen molar-refractivity contribution in [2.75, 3.05) is 5.73 Å². The Kier molecular flexibility index (Phi) is 3.32. The number of aromatic nitrogens is 2. The number of rotatable bonds is 3. The molecule has 5 heteroatoms. The van der Waals surface area contributed by atoms with Crippen LogP contribution in [-0.2, 0) is 13.6 Å². The zero-order valence-electron chi connectivity index (χ0n) is 10.5. The molecule has 0 unspecified atom stereocenters. The van der Waals surface area contributed by atoms with Crippen molar-refractivity contribution in [2.24, 2.45) is 7.05 Å². The van der Waals surface area contributed by atoms with Crippen LogP contribution in [0.2, 0.25) is 0 Å². The van der Waals surface area contributed by atoms with Gasteiger partial charge in [0.1, 0.15) is 5.82 Å². The van der Waals surface area contributed by atoms with Gasteiger partial charge < -0.3 is 15.6 Å². The van der Waals surface area contributed by atoms with E-state index < -0.39 is 0 Å². The van der Waals surface area contributed by atoms with Crippen LogP contribution in [0.1, 0.15) is 21.7 Å². The first kappa shape index (κ1) is 12.2. The highest BCUT2D eigenvalue weighted by molar-refractivity contribution is 5.99. The molecule has 1 amide bonds. The third-order valence-corrected chi connectivity index (χ3v) is 2.78. The molecule has 5 nitrogen and oxygen atoms in total. The lowest BCUT2D eigenvalue weighted by molar-refractivity contribution is 0.0950. The molecule has 0 spiro atoms. The molecule has 18 heavy (non-hydrogen) atoms. The molecule has 0 saturated heterocycles. The van der Waals surface area contributed by atoms with Crippen LogP contribution in [0.15, 0.2) is 30.6 Å². The van der Waals surface area contributed by atoms with Crippen LogP contribution >= 0.6 is 0 Å². The Bertz CT molecular complexity index is 574. The van der Waals surface area contributed by atoms with Crippen LogP contribution in [0.3, 0.4) is 0 Å². The zero-order chi connectivity index (χ0) is 13.1. The Morgan fingerprint density at radius 3 is 2.94 bits per heavy atom. The van der Waals surface area contributed by atoms with Gasteiger partial charge in [0.2, 0.25) is 0 Å². The molecule has 3 N–H and O–H groups in total. The van der Waals surface area contributed by atoms with Crippen molar-refractivity contribution in [1.82, 2.24) is 14.9 Å². The summed E-state index contributed by atoms with van der Waals surface area (Å²) in [4.78, 5) is 16.1. The standard InChI is InChI=1S/C13H16N4O/c1-9-3-4-11(14)10(7-9)13(18)16-8-12-15-5-6-17(12)2/h3-7H,8,14H2,1-2H3,(H,16,18). The minimum atomic E-state index is -0.181. The van der Waals surface area contributed by atoms with E-state index >= 15 is 0 Å². The smallest absolute Gasteiger partial charge is 0.253 e. The number of anilines is 1. The SMILES string of the molecule is Cc1ccc(N)c(C(=O)NCc2nccn2C)c1. The van der Waals surface area contributed by atoms with Crippen molar-refractivity contribution >= 4 is 11.6 Å². The summed E-state index contributed by atoms with van der Waals surface area (Å²) in [5.74, 6) is 0.619. The number of hydrogen-bond acceptors (Lipinski definition) is 3. The highest BCUT2D eigenvalue weighted by Gasteiger charge is 2.10. The third kappa shape index (κ3) is 2.51. The summed E-state index contributed by atoms with van der Waals surface area (Å²) < 4.78 is 1.86. The van der Waals surface area contributed by atoms with Crippen molar-refractivity contribution in [3.05, 3.63) is 47.5 Å². The first-order chi connectivity index (χ1) is 8.58. The summed E-state index contributed by atoms with van der Waals surface area (Å²) >= 11 is 0. The average molecular weight is 244 g/mol. The molecule has 0 aliphatic rings. The summed E-state index contributed by atoms with van der Waals surface area (Å²) in [5, 5.41) is 2.81. The molecule has 0 bridgehead atoms. The number of carbonyl (C=O) groups excluding carboxylic acids is 1. The Morgan fingerprint density at radius 1 is 1.50 bits per heavy atom. The van der Waals surface area contributed by atoms with Gasteiger partial charge in [0.05, 0.1) is 12.1 Å². The van der Waals surface area contributed by atoms with Gasteiger partial charge in [0, 0.05) is 25.1 Å². The Balaban J connectivity index is 2.08. The van der Waals surface area contributed by atoms with E-state index in [1.165, 1.54) is 0 Å². The van der Waals surface area contributed by atoms with Crippen molar-refractivity contribution in [2.45, 2.75) is 13.5 Å². The number of amides is 1. The van der Waals surface area contributed by atoms with Gasteiger partial charge in [-0.15, -0.1) is 0 Å². The minimum Gasteiger partial charge on any atom is -0.398 e. The molecule has 94 valence electrons. The van der Waals surface area contributed by atoms with Crippen molar-refractivity contribution in [3.8, 4) is 0 Å². The number of imidazole rings is 1. The van der Waals surface area contributed by atoms with E-state index in [9.17, 15) is 4.79 Å². The number of hydrogen-bond donors (Lipinski definition) is 2. The van der Waals surface area contributed by atoms with Gasteiger partial charge >= 0.3 is 0 Å². The molecule has 0 atom stereocenters. The second kappa shape index (κ2) is 4.91. The number of aryl methyl sites for hydroxylation is 2. The molecule has 0 aliphatic heterocycles. The Labute approximate surface area is 106 Å². The fourth-order valence-corrected chi connectivity index (χ4v) is 1.69. The highest BCUT2D eigenvalue weighted by atomic mass is 16.1. The van der Waals surface area contributed by atoms with Gasteiger partial charge in [-0.1, -0.05) is 11.6 Å². The molecule has 0 fully saturated rings. The van der Waals surface area contributed by atoms with Crippen molar-refractivity contribution in [1.29, 1.82) is 0 Å². The number of nitrogen functional groups attached to an aromatic ring is 1. The second-order valence-electron chi connectivity index (χ2n) is 4.23. The molecule has 1 heterocycles. The van der Waals surface area contributed by atoms with Gasteiger partial charge in [0.25, 0.3) is 5.91 Å². The van der Waals surface area contributed by atoms with Crippen LogP contribution in [0.5, 0.6) is 0 Å². The molecule has 0 aliphatic carbocycles. The number of carbonyl (C=O) groups is 1. The molecule has 2 rings (SSSR count). The predicted molar refractivity (Wildman–Crippen MR) is 70.0 cm³/mol.